The van der Waals surface area contributed by atoms with Crippen molar-refractivity contribution in [2.24, 2.45) is 11.3 Å². The summed E-state index contributed by atoms with van der Waals surface area (Å²) >= 11 is 0. The van der Waals surface area contributed by atoms with Crippen LogP contribution in [-0.4, -0.2) is 47.3 Å². The molecule has 0 unspecified atom stereocenters. The van der Waals surface area contributed by atoms with Crippen LogP contribution in [0.4, 0.5) is 10.5 Å². The van der Waals surface area contributed by atoms with Gasteiger partial charge in [-0.3, -0.25) is 9.59 Å². The number of anilines is 1. The molecule has 0 aliphatic rings. The first kappa shape index (κ1) is 29.8. The number of para-hydroxylation sites is 1. The Balaban J connectivity index is 2.06. The van der Waals surface area contributed by atoms with Crippen LogP contribution in [-0.2, 0) is 20.7 Å². The van der Waals surface area contributed by atoms with Crippen LogP contribution in [0.5, 0.6) is 0 Å². The molecule has 0 radical (unpaired) electrons. The van der Waals surface area contributed by atoms with Crippen LogP contribution >= 0.6 is 0 Å². The number of rotatable bonds is 10. The first-order chi connectivity index (χ1) is 17.2. The van der Waals surface area contributed by atoms with E-state index in [-0.39, 0.29) is 24.8 Å². The first-order valence-corrected chi connectivity index (χ1v) is 12.6. The number of amides is 3. The predicted octanol–water partition coefficient (Wildman–Crippen LogP) is 4.29. The zero-order valence-electron chi connectivity index (χ0n) is 22.7. The smallest absolute Gasteiger partial charge is 0.407 e. The fourth-order valence-corrected chi connectivity index (χ4v) is 3.79. The molecule has 8 nitrogen and oxygen atoms in total. The Bertz CT molecular complexity index is 1010. The predicted molar refractivity (Wildman–Crippen MR) is 145 cm³/mol. The van der Waals surface area contributed by atoms with Crippen molar-refractivity contribution in [1.82, 2.24) is 10.6 Å². The van der Waals surface area contributed by atoms with Crippen molar-refractivity contribution in [2.45, 2.75) is 72.1 Å². The Kier molecular flexibility index (Phi) is 10.7. The van der Waals surface area contributed by atoms with Crippen LogP contribution in [0.15, 0.2) is 60.7 Å². The minimum absolute atomic E-state index is 0.00999. The zero-order chi connectivity index (χ0) is 27.6. The summed E-state index contributed by atoms with van der Waals surface area (Å²) in [6.45, 7) is 10.9. The number of hydrogen-bond donors (Lipinski definition) is 4. The lowest BCUT2D eigenvalue weighted by Crippen LogP contribution is -2.51. The van der Waals surface area contributed by atoms with E-state index in [1.165, 1.54) is 0 Å². The van der Waals surface area contributed by atoms with Gasteiger partial charge in [-0.25, -0.2) is 4.79 Å². The Morgan fingerprint density at radius 2 is 1.46 bits per heavy atom. The van der Waals surface area contributed by atoms with Gasteiger partial charge in [0.25, 0.3) is 0 Å². The Morgan fingerprint density at radius 3 is 2.00 bits per heavy atom. The number of benzene rings is 2. The topological polar surface area (TPSA) is 117 Å². The molecule has 8 heteroatoms. The molecule has 0 spiro atoms. The molecular formula is C29H41N3O5. The molecule has 0 saturated heterocycles. The Morgan fingerprint density at radius 1 is 0.892 bits per heavy atom. The maximum atomic E-state index is 13.2. The lowest BCUT2D eigenvalue weighted by Gasteiger charge is -2.31. The van der Waals surface area contributed by atoms with Crippen molar-refractivity contribution in [3.63, 3.8) is 0 Å². The average molecular weight is 512 g/mol. The van der Waals surface area contributed by atoms with E-state index in [1.807, 2.05) is 69.3 Å². The van der Waals surface area contributed by atoms with E-state index in [0.29, 0.717) is 12.1 Å². The largest absolute Gasteiger partial charge is 0.444 e. The molecule has 0 fully saturated rings. The van der Waals surface area contributed by atoms with Crippen LogP contribution in [0.3, 0.4) is 0 Å². The summed E-state index contributed by atoms with van der Waals surface area (Å²) in [5.74, 6) is -1.24. The number of nitrogens with one attached hydrogen (secondary N) is 3. The third-order valence-corrected chi connectivity index (χ3v) is 5.76. The lowest BCUT2D eigenvalue weighted by molar-refractivity contribution is -0.132. The maximum absolute atomic E-state index is 13.2. The standard InChI is InChI=1S/C29H41N3O5/c1-28(2,3)22(18-25(34)31-21-15-11-8-12-16-21)26(35)30-19-24(33)23(17-20-13-9-7-10-14-20)32-27(36)37-29(4,5)6/h7-16,22-24,33H,17-19H2,1-6H3,(H,30,35)(H,31,34)(H,32,36)/t22-,23-,24+/m0/s1. The summed E-state index contributed by atoms with van der Waals surface area (Å²) in [5.41, 5.74) is 0.384. The molecule has 2 aromatic carbocycles. The summed E-state index contributed by atoms with van der Waals surface area (Å²) < 4.78 is 5.36. The first-order valence-electron chi connectivity index (χ1n) is 12.6. The summed E-state index contributed by atoms with van der Waals surface area (Å²) in [4.78, 5) is 38.3. The second-order valence-corrected chi connectivity index (χ2v) is 11.3. The molecule has 3 atom stereocenters. The third-order valence-electron chi connectivity index (χ3n) is 5.76. The van der Waals surface area contributed by atoms with Gasteiger partial charge in [0.05, 0.1) is 18.1 Å². The van der Waals surface area contributed by atoms with Gasteiger partial charge in [0.2, 0.25) is 11.8 Å². The fraction of sp³-hybridized carbons (Fsp3) is 0.483. The van der Waals surface area contributed by atoms with Crippen LogP contribution in [0.1, 0.15) is 53.5 Å². The van der Waals surface area contributed by atoms with Gasteiger partial charge in [0.15, 0.2) is 0 Å². The van der Waals surface area contributed by atoms with E-state index >= 15 is 0 Å². The van der Waals surface area contributed by atoms with Crippen molar-refractivity contribution in [3.8, 4) is 0 Å². The second-order valence-electron chi connectivity index (χ2n) is 11.3. The van der Waals surface area contributed by atoms with E-state index in [9.17, 15) is 19.5 Å². The van der Waals surface area contributed by atoms with E-state index < -0.39 is 35.2 Å². The minimum atomic E-state index is -1.09. The molecule has 0 heterocycles. The Hall–Kier alpha value is -3.39. The minimum Gasteiger partial charge on any atom is -0.444 e. The summed E-state index contributed by atoms with van der Waals surface area (Å²) in [6, 6.07) is 17.8. The van der Waals surface area contributed by atoms with Crippen LogP contribution < -0.4 is 16.0 Å². The number of aliphatic hydroxyl groups is 1. The summed E-state index contributed by atoms with van der Waals surface area (Å²) in [7, 11) is 0. The molecule has 0 saturated carbocycles. The third kappa shape index (κ3) is 11.0. The monoisotopic (exact) mass is 511 g/mol. The average Bonchev–Trinajstić information content (AvgIpc) is 2.79. The number of alkyl carbamates (subject to hydrolysis) is 1. The molecule has 2 rings (SSSR count). The molecule has 0 bridgehead atoms. The van der Waals surface area contributed by atoms with Gasteiger partial charge < -0.3 is 25.8 Å². The molecule has 2 aromatic rings. The lowest BCUT2D eigenvalue weighted by atomic mass is 9.78. The summed E-state index contributed by atoms with van der Waals surface area (Å²) in [6.07, 6.45) is -1.40. The maximum Gasteiger partial charge on any atom is 0.407 e. The highest BCUT2D eigenvalue weighted by atomic mass is 16.6. The van der Waals surface area contributed by atoms with Crippen molar-refractivity contribution < 1.29 is 24.2 Å². The van der Waals surface area contributed by atoms with E-state index in [4.69, 9.17) is 4.74 Å². The van der Waals surface area contributed by atoms with Crippen LogP contribution in [0.25, 0.3) is 0 Å². The van der Waals surface area contributed by atoms with Gasteiger partial charge in [0, 0.05) is 18.7 Å². The van der Waals surface area contributed by atoms with Gasteiger partial charge >= 0.3 is 6.09 Å². The number of ether oxygens (including phenoxy) is 1. The molecular weight excluding hydrogens is 470 g/mol. The number of carbonyl (C=O) groups excluding carboxylic acids is 3. The highest BCUT2D eigenvalue weighted by Crippen LogP contribution is 2.29. The van der Waals surface area contributed by atoms with Gasteiger partial charge in [-0.05, 0) is 50.3 Å². The molecule has 0 aliphatic carbocycles. The number of hydrogen-bond acceptors (Lipinski definition) is 5. The SMILES string of the molecule is CC(C)(C)OC(=O)N[C@@H](Cc1ccccc1)[C@H](O)CNC(=O)[C@H](CC(=O)Nc1ccccc1)C(C)(C)C. The Labute approximate surface area is 220 Å². The number of aliphatic hydroxyl groups excluding tert-OH is 1. The highest BCUT2D eigenvalue weighted by Gasteiger charge is 2.34. The normalized spacial score (nSPS) is 14.1. The van der Waals surface area contributed by atoms with E-state index in [2.05, 4.69) is 16.0 Å². The van der Waals surface area contributed by atoms with Crippen molar-refractivity contribution >= 4 is 23.6 Å². The number of carbonyl (C=O) groups is 3. The van der Waals surface area contributed by atoms with Crippen LogP contribution in [0, 0.1) is 11.3 Å². The molecule has 3 amide bonds. The fourth-order valence-electron chi connectivity index (χ4n) is 3.79. The van der Waals surface area contributed by atoms with E-state index in [1.54, 1.807) is 32.9 Å². The molecule has 37 heavy (non-hydrogen) atoms. The van der Waals surface area contributed by atoms with Crippen molar-refractivity contribution in [1.29, 1.82) is 0 Å². The van der Waals surface area contributed by atoms with E-state index in [0.717, 1.165) is 5.56 Å². The molecule has 4 N–H and O–H groups in total. The van der Waals surface area contributed by atoms with Crippen molar-refractivity contribution in [2.75, 3.05) is 11.9 Å². The quantitative estimate of drug-likeness (QED) is 0.380. The van der Waals surface area contributed by atoms with Gasteiger partial charge in [-0.1, -0.05) is 69.3 Å². The molecule has 0 aliphatic heterocycles. The zero-order valence-corrected chi connectivity index (χ0v) is 22.7. The van der Waals surface area contributed by atoms with Crippen molar-refractivity contribution in [3.05, 3.63) is 66.2 Å². The van der Waals surface area contributed by atoms with Gasteiger partial charge in [0.1, 0.15) is 5.60 Å². The molecule has 202 valence electrons. The summed E-state index contributed by atoms with van der Waals surface area (Å²) in [5, 5.41) is 19.3. The highest BCUT2D eigenvalue weighted by molar-refractivity contribution is 5.94. The van der Waals surface area contributed by atoms with Crippen LogP contribution in [0.2, 0.25) is 0 Å². The second kappa shape index (κ2) is 13.2. The van der Waals surface area contributed by atoms with Gasteiger partial charge in [-0.2, -0.15) is 0 Å². The molecule has 0 aromatic heterocycles. The van der Waals surface area contributed by atoms with Gasteiger partial charge in [-0.15, -0.1) is 0 Å².